The zero-order chi connectivity index (χ0) is 23.5. The van der Waals surface area contributed by atoms with Gasteiger partial charge in [0.15, 0.2) is 6.61 Å². The SMILES string of the molecule is COc1ccc2nccc(CC[C@]3(O)CC[C@H](NCc4ccc5c(c4)NC(=O)CO5)CC3)c2n1. The molecule has 0 saturated heterocycles. The zero-order valence-electron chi connectivity index (χ0n) is 19.3. The predicted molar refractivity (Wildman–Crippen MR) is 129 cm³/mol. The normalized spacial score (nSPS) is 22.1. The molecular formula is C26H30N4O4. The highest BCUT2D eigenvalue weighted by molar-refractivity contribution is 5.95. The second kappa shape index (κ2) is 9.56. The van der Waals surface area contributed by atoms with Crippen molar-refractivity contribution < 1.29 is 19.4 Å². The van der Waals surface area contributed by atoms with E-state index < -0.39 is 5.60 Å². The fourth-order valence-electron chi connectivity index (χ4n) is 4.86. The van der Waals surface area contributed by atoms with Gasteiger partial charge in [-0.25, -0.2) is 4.98 Å². The molecule has 34 heavy (non-hydrogen) atoms. The number of amides is 1. The molecule has 0 atom stereocenters. The summed E-state index contributed by atoms with van der Waals surface area (Å²) in [6.45, 7) is 0.778. The number of aryl methyl sites for hydroxylation is 1. The van der Waals surface area contributed by atoms with Crippen molar-refractivity contribution in [3.05, 3.63) is 53.7 Å². The van der Waals surface area contributed by atoms with E-state index in [9.17, 15) is 9.90 Å². The summed E-state index contributed by atoms with van der Waals surface area (Å²) in [6, 6.07) is 11.9. The molecule has 0 spiro atoms. The molecule has 178 valence electrons. The number of aromatic nitrogens is 2. The molecule has 2 aliphatic rings. The van der Waals surface area contributed by atoms with Gasteiger partial charge in [-0.15, -0.1) is 0 Å². The maximum absolute atomic E-state index is 11.6. The van der Waals surface area contributed by atoms with Crippen LogP contribution in [-0.2, 0) is 17.8 Å². The monoisotopic (exact) mass is 462 g/mol. The summed E-state index contributed by atoms with van der Waals surface area (Å²) in [5.41, 5.74) is 3.92. The van der Waals surface area contributed by atoms with E-state index in [-0.39, 0.29) is 12.5 Å². The van der Waals surface area contributed by atoms with Crippen molar-refractivity contribution in [1.82, 2.24) is 15.3 Å². The largest absolute Gasteiger partial charge is 0.482 e. The van der Waals surface area contributed by atoms with Gasteiger partial charge in [-0.05, 0) is 73.9 Å². The van der Waals surface area contributed by atoms with Crippen LogP contribution in [-0.4, -0.2) is 46.3 Å². The van der Waals surface area contributed by atoms with Gasteiger partial charge in [0.05, 0.1) is 29.4 Å². The standard InChI is InChI=1S/C26H30N4O4/c1-33-24-5-3-20-25(30-24)18(9-13-27-20)6-10-26(32)11-7-19(8-12-26)28-15-17-2-4-22-21(14-17)29-23(31)16-34-22/h2-5,9,13-14,19,28,32H,6-8,10-12,15-16H2,1H3,(H,29,31)/t19-,26-. The van der Waals surface area contributed by atoms with Gasteiger partial charge in [0, 0.05) is 24.8 Å². The highest BCUT2D eigenvalue weighted by Gasteiger charge is 2.33. The average molecular weight is 463 g/mol. The summed E-state index contributed by atoms with van der Waals surface area (Å²) >= 11 is 0. The van der Waals surface area contributed by atoms with Crippen LogP contribution >= 0.6 is 0 Å². The number of pyridine rings is 2. The van der Waals surface area contributed by atoms with Crippen LogP contribution in [0.15, 0.2) is 42.6 Å². The number of methoxy groups -OCH3 is 1. The van der Waals surface area contributed by atoms with Gasteiger partial charge < -0.3 is 25.2 Å². The fraction of sp³-hybridized carbons (Fsp3) is 0.423. The van der Waals surface area contributed by atoms with E-state index in [4.69, 9.17) is 9.47 Å². The van der Waals surface area contributed by atoms with Crippen LogP contribution in [0, 0.1) is 0 Å². The van der Waals surface area contributed by atoms with E-state index in [1.807, 2.05) is 36.4 Å². The summed E-state index contributed by atoms with van der Waals surface area (Å²) in [6.07, 6.45) is 6.61. The van der Waals surface area contributed by atoms with Crippen molar-refractivity contribution in [2.45, 2.75) is 56.7 Å². The Hall–Kier alpha value is -3.23. The minimum Gasteiger partial charge on any atom is -0.482 e. The topological polar surface area (TPSA) is 106 Å². The number of aliphatic hydroxyl groups is 1. The second-order valence-electron chi connectivity index (χ2n) is 9.24. The van der Waals surface area contributed by atoms with E-state index in [1.165, 1.54) is 0 Å². The Balaban J connectivity index is 1.14. The number of nitrogens with one attached hydrogen (secondary N) is 2. The van der Waals surface area contributed by atoms with Crippen LogP contribution in [0.3, 0.4) is 0 Å². The van der Waals surface area contributed by atoms with E-state index in [1.54, 1.807) is 13.3 Å². The van der Waals surface area contributed by atoms with Crippen molar-refractivity contribution >= 4 is 22.6 Å². The summed E-state index contributed by atoms with van der Waals surface area (Å²) in [4.78, 5) is 20.5. The van der Waals surface area contributed by atoms with Crippen LogP contribution < -0.4 is 20.1 Å². The molecule has 0 unspecified atom stereocenters. The summed E-state index contributed by atoms with van der Waals surface area (Å²) in [5, 5.41) is 17.7. The first-order valence-electron chi connectivity index (χ1n) is 11.8. The lowest BCUT2D eigenvalue weighted by atomic mass is 9.78. The van der Waals surface area contributed by atoms with Crippen LogP contribution in [0.2, 0.25) is 0 Å². The molecule has 3 aromatic rings. The van der Waals surface area contributed by atoms with Crippen LogP contribution in [0.5, 0.6) is 11.6 Å². The third-order valence-corrected chi connectivity index (χ3v) is 6.90. The van der Waals surface area contributed by atoms with Crippen molar-refractivity contribution in [2.75, 3.05) is 19.0 Å². The van der Waals surface area contributed by atoms with Crippen LogP contribution in [0.25, 0.3) is 11.0 Å². The van der Waals surface area contributed by atoms with Gasteiger partial charge in [0.1, 0.15) is 5.75 Å². The molecule has 1 aromatic carbocycles. The number of carbonyl (C=O) groups is 1. The lowest BCUT2D eigenvalue weighted by Crippen LogP contribution is -2.41. The third kappa shape index (κ3) is 4.98. The lowest BCUT2D eigenvalue weighted by molar-refractivity contribution is -0.118. The summed E-state index contributed by atoms with van der Waals surface area (Å²) in [5.74, 6) is 1.15. The molecule has 3 heterocycles. The number of nitrogens with zero attached hydrogens (tertiary/aromatic N) is 2. The van der Waals surface area contributed by atoms with Crippen molar-refractivity contribution in [3.63, 3.8) is 0 Å². The molecule has 1 aliphatic heterocycles. The third-order valence-electron chi connectivity index (χ3n) is 6.90. The summed E-state index contributed by atoms with van der Waals surface area (Å²) < 4.78 is 10.7. The van der Waals surface area contributed by atoms with Gasteiger partial charge in [0.2, 0.25) is 5.88 Å². The Morgan fingerprint density at radius 3 is 2.91 bits per heavy atom. The van der Waals surface area contributed by atoms with Crippen molar-refractivity contribution in [3.8, 4) is 11.6 Å². The van der Waals surface area contributed by atoms with E-state index in [0.717, 1.165) is 60.0 Å². The Kier molecular flexibility index (Phi) is 6.34. The molecule has 1 aliphatic carbocycles. The first kappa shape index (κ1) is 22.6. The number of carbonyl (C=O) groups excluding carboxylic acids is 1. The number of hydrogen-bond donors (Lipinski definition) is 3. The highest BCUT2D eigenvalue weighted by atomic mass is 16.5. The maximum Gasteiger partial charge on any atom is 0.262 e. The molecule has 0 bridgehead atoms. The fourth-order valence-corrected chi connectivity index (χ4v) is 4.86. The Morgan fingerprint density at radius 1 is 1.24 bits per heavy atom. The second-order valence-corrected chi connectivity index (χ2v) is 9.24. The molecule has 0 radical (unpaired) electrons. The van der Waals surface area contributed by atoms with E-state index in [2.05, 4.69) is 20.6 Å². The molecule has 5 rings (SSSR count). The highest BCUT2D eigenvalue weighted by Crippen LogP contribution is 2.34. The van der Waals surface area contributed by atoms with E-state index >= 15 is 0 Å². The number of anilines is 1. The van der Waals surface area contributed by atoms with Crippen molar-refractivity contribution in [2.24, 2.45) is 0 Å². The minimum atomic E-state index is -0.667. The molecule has 1 saturated carbocycles. The molecule has 3 N–H and O–H groups in total. The predicted octanol–water partition coefficient (Wildman–Crippen LogP) is 3.37. The van der Waals surface area contributed by atoms with Gasteiger partial charge in [0.25, 0.3) is 5.91 Å². The van der Waals surface area contributed by atoms with Crippen LogP contribution in [0.1, 0.15) is 43.2 Å². The zero-order valence-corrected chi connectivity index (χ0v) is 19.3. The molecule has 1 fully saturated rings. The molecule has 8 heteroatoms. The van der Waals surface area contributed by atoms with E-state index in [0.29, 0.717) is 30.6 Å². The molecule has 2 aromatic heterocycles. The number of ether oxygens (including phenoxy) is 2. The van der Waals surface area contributed by atoms with Gasteiger partial charge >= 0.3 is 0 Å². The number of fused-ring (bicyclic) bond motifs is 2. The molecule has 1 amide bonds. The van der Waals surface area contributed by atoms with Gasteiger partial charge in [-0.1, -0.05) is 6.07 Å². The van der Waals surface area contributed by atoms with Gasteiger partial charge in [-0.2, -0.15) is 0 Å². The van der Waals surface area contributed by atoms with Crippen molar-refractivity contribution in [1.29, 1.82) is 0 Å². The van der Waals surface area contributed by atoms with Crippen LogP contribution in [0.4, 0.5) is 5.69 Å². The molecular weight excluding hydrogens is 432 g/mol. The number of hydrogen-bond acceptors (Lipinski definition) is 7. The average Bonchev–Trinajstić information content (AvgIpc) is 2.86. The quantitative estimate of drug-likeness (QED) is 0.494. The number of benzene rings is 1. The smallest absolute Gasteiger partial charge is 0.262 e. The maximum atomic E-state index is 11.6. The Morgan fingerprint density at radius 2 is 2.09 bits per heavy atom. The first-order chi connectivity index (χ1) is 16.5. The lowest BCUT2D eigenvalue weighted by Gasteiger charge is -2.36. The summed E-state index contributed by atoms with van der Waals surface area (Å²) in [7, 11) is 1.61. The molecule has 8 nitrogen and oxygen atoms in total. The Labute approximate surface area is 198 Å². The minimum absolute atomic E-state index is 0.0671. The Bertz CT molecular complexity index is 1190. The first-order valence-corrected chi connectivity index (χ1v) is 11.8. The van der Waals surface area contributed by atoms with Gasteiger partial charge in [-0.3, -0.25) is 9.78 Å². The number of rotatable bonds is 7.